The highest BCUT2D eigenvalue weighted by Gasteiger charge is 2.55. The van der Waals surface area contributed by atoms with Gasteiger partial charge < -0.3 is 29.4 Å². The molecule has 11 heteroatoms. The third-order valence-corrected chi connectivity index (χ3v) is 10.4. The van der Waals surface area contributed by atoms with E-state index in [-0.39, 0.29) is 48.1 Å². The van der Waals surface area contributed by atoms with Gasteiger partial charge in [0.1, 0.15) is 11.9 Å². The van der Waals surface area contributed by atoms with Gasteiger partial charge in [-0.1, -0.05) is 44.2 Å². The Morgan fingerprint density at radius 3 is 2.52 bits per heavy atom. The Morgan fingerprint density at radius 1 is 1.10 bits per heavy atom. The van der Waals surface area contributed by atoms with Crippen molar-refractivity contribution in [3.8, 4) is 5.75 Å². The number of methoxy groups -OCH3 is 1. The molecule has 3 aliphatic rings. The SMILES string of the molecule is COc1ccc(S(=O)(=O)N(CC(C)C)C[C@@H](O)[C@H](Cc2ccccc2)NC(=O)O[C@@H]2C[C@@H]3CO[C@@H]4OCC[C@H]2[C@H]34)cc1. The number of aliphatic hydroxyl groups is 1. The van der Waals surface area contributed by atoms with Gasteiger partial charge in [0.25, 0.3) is 0 Å². The maximum Gasteiger partial charge on any atom is 0.407 e. The molecule has 3 fully saturated rings. The number of nitrogens with one attached hydrogen (secondary N) is 1. The van der Waals surface area contributed by atoms with E-state index in [1.165, 1.54) is 23.5 Å². The summed E-state index contributed by atoms with van der Waals surface area (Å²) < 4.78 is 51.3. The molecule has 0 unspecified atom stereocenters. The number of carbonyl (C=O) groups excluding carboxylic acids is 1. The maximum atomic E-state index is 13.7. The topological polar surface area (TPSA) is 124 Å². The second kappa shape index (κ2) is 13.3. The van der Waals surface area contributed by atoms with Crippen molar-refractivity contribution in [1.82, 2.24) is 9.62 Å². The molecule has 1 amide bonds. The molecule has 5 rings (SSSR count). The van der Waals surface area contributed by atoms with Crippen LogP contribution in [0.1, 0.15) is 32.3 Å². The van der Waals surface area contributed by atoms with E-state index in [0.717, 1.165) is 18.4 Å². The van der Waals surface area contributed by atoms with Gasteiger partial charge in [0, 0.05) is 24.9 Å². The Morgan fingerprint density at radius 2 is 1.83 bits per heavy atom. The summed E-state index contributed by atoms with van der Waals surface area (Å²) in [7, 11) is -2.42. The van der Waals surface area contributed by atoms with E-state index in [2.05, 4.69) is 5.32 Å². The van der Waals surface area contributed by atoms with Crippen molar-refractivity contribution in [3.63, 3.8) is 0 Å². The van der Waals surface area contributed by atoms with Crippen LogP contribution < -0.4 is 10.1 Å². The monoisotopic (exact) mass is 602 g/mol. The number of hydrogen-bond donors (Lipinski definition) is 2. The van der Waals surface area contributed by atoms with Gasteiger partial charge >= 0.3 is 6.09 Å². The van der Waals surface area contributed by atoms with Crippen LogP contribution in [-0.2, 0) is 30.7 Å². The van der Waals surface area contributed by atoms with E-state index in [1.807, 2.05) is 44.2 Å². The van der Waals surface area contributed by atoms with Crippen LogP contribution in [0.5, 0.6) is 5.75 Å². The van der Waals surface area contributed by atoms with Crippen LogP contribution in [0.2, 0.25) is 0 Å². The van der Waals surface area contributed by atoms with E-state index < -0.39 is 28.3 Å². The van der Waals surface area contributed by atoms with Gasteiger partial charge in [-0.05, 0) is 60.9 Å². The van der Waals surface area contributed by atoms with Crippen LogP contribution in [0.4, 0.5) is 4.79 Å². The van der Waals surface area contributed by atoms with Crippen LogP contribution >= 0.6 is 0 Å². The number of aliphatic hydroxyl groups excluding tert-OH is 1. The Kier molecular flexibility index (Phi) is 9.74. The normalized spacial score (nSPS) is 26.6. The molecule has 1 saturated carbocycles. The quantitative estimate of drug-likeness (QED) is 0.379. The lowest BCUT2D eigenvalue weighted by Gasteiger charge is -2.33. The summed E-state index contributed by atoms with van der Waals surface area (Å²) in [4.78, 5) is 13.4. The summed E-state index contributed by atoms with van der Waals surface area (Å²) in [6.07, 6.45) is -0.460. The van der Waals surface area contributed by atoms with Gasteiger partial charge in [-0.25, -0.2) is 13.2 Å². The first-order valence-electron chi connectivity index (χ1n) is 14.7. The third-order valence-electron chi connectivity index (χ3n) is 8.55. The lowest BCUT2D eigenvalue weighted by molar-refractivity contribution is -0.173. The largest absolute Gasteiger partial charge is 0.497 e. The van der Waals surface area contributed by atoms with Crippen molar-refractivity contribution in [1.29, 1.82) is 0 Å². The van der Waals surface area contributed by atoms with Gasteiger partial charge in [0.05, 0.1) is 37.4 Å². The van der Waals surface area contributed by atoms with Crippen molar-refractivity contribution < 1.29 is 37.3 Å². The highest BCUT2D eigenvalue weighted by atomic mass is 32.2. The number of sulfonamides is 1. The van der Waals surface area contributed by atoms with E-state index in [0.29, 0.717) is 31.3 Å². The van der Waals surface area contributed by atoms with E-state index >= 15 is 0 Å². The number of alkyl carbamates (subject to hydrolysis) is 1. The molecule has 0 radical (unpaired) electrons. The van der Waals surface area contributed by atoms with Gasteiger partial charge in [-0.2, -0.15) is 4.31 Å². The molecule has 2 aromatic rings. The number of rotatable bonds is 12. The molecular weight excluding hydrogens is 560 g/mol. The standard InChI is InChI=1S/C31H42N2O8S/c1-20(2)17-33(42(36,37)24-11-9-23(38-3)10-12-24)18-27(34)26(15-21-7-5-4-6-8-21)32-31(35)41-28-16-22-19-40-30-29(22)25(28)13-14-39-30/h4-12,20,22,25-30,34H,13-19H2,1-3H3,(H,32,35)/t22-,25-,26+,27-,28-,29+,30+/m1/s1. The number of carbonyl (C=O) groups is 1. The highest BCUT2D eigenvalue weighted by Crippen LogP contribution is 2.50. The Balaban J connectivity index is 1.31. The first-order chi connectivity index (χ1) is 20.2. The average molecular weight is 603 g/mol. The summed E-state index contributed by atoms with van der Waals surface area (Å²) in [6, 6.07) is 14.9. The van der Waals surface area contributed by atoms with Crippen molar-refractivity contribution in [2.45, 2.75) is 62.5 Å². The number of ether oxygens (including phenoxy) is 4. The lowest BCUT2D eigenvalue weighted by atomic mass is 9.87. The molecule has 1 aliphatic carbocycles. The second-order valence-electron chi connectivity index (χ2n) is 11.9. The van der Waals surface area contributed by atoms with Crippen molar-refractivity contribution in [2.24, 2.45) is 23.7 Å². The molecule has 0 spiro atoms. The Bertz CT molecular complexity index is 1290. The molecule has 2 aromatic carbocycles. The first-order valence-corrected chi connectivity index (χ1v) is 16.2. The van der Waals surface area contributed by atoms with Crippen LogP contribution in [0.3, 0.4) is 0 Å². The molecular formula is C31H42N2O8S. The number of nitrogens with zero attached hydrogens (tertiary/aromatic N) is 1. The van der Waals surface area contributed by atoms with Crippen LogP contribution in [0.25, 0.3) is 0 Å². The molecule has 2 aliphatic heterocycles. The lowest BCUT2D eigenvalue weighted by Crippen LogP contribution is -2.51. The summed E-state index contributed by atoms with van der Waals surface area (Å²) in [5.41, 5.74) is 0.898. The third kappa shape index (κ3) is 6.92. The van der Waals surface area contributed by atoms with Crippen molar-refractivity contribution in [2.75, 3.05) is 33.4 Å². The zero-order valence-electron chi connectivity index (χ0n) is 24.4. The van der Waals surface area contributed by atoms with Gasteiger partial charge in [-0.3, -0.25) is 0 Å². The molecule has 0 bridgehead atoms. The zero-order chi connectivity index (χ0) is 29.9. The van der Waals surface area contributed by atoms with E-state index in [9.17, 15) is 18.3 Å². The first kappa shape index (κ1) is 30.7. The highest BCUT2D eigenvalue weighted by molar-refractivity contribution is 7.89. The summed E-state index contributed by atoms with van der Waals surface area (Å²) in [5, 5.41) is 14.4. The second-order valence-corrected chi connectivity index (χ2v) is 13.9. The molecule has 0 aromatic heterocycles. The fraction of sp³-hybridized carbons (Fsp3) is 0.581. The van der Waals surface area contributed by atoms with Gasteiger partial charge in [-0.15, -0.1) is 0 Å². The number of hydrogen-bond acceptors (Lipinski definition) is 8. The fourth-order valence-electron chi connectivity index (χ4n) is 6.54. The molecule has 42 heavy (non-hydrogen) atoms. The van der Waals surface area contributed by atoms with Crippen LogP contribution in [-0.4, -0.2) is 81.9 Å². The zero-order valence-corrected chi connectivity index (χ0v) is 25.2. The van der Waals surface area contributed by atoms with Crippen LogP contribution in [0, 0.1) is 23.7 Å². The van der Waals surface area contributed by atoms with E-state index in [4.69, 9.17) is 18.9 Å². The predicted molar refractivity (Wildman–Crippen MR) is 155 cm³/mol. The summed E-state index contributed by atoms with van der Waals surface area (Å²) >= 11 is 0. The molecule has 230 valence electrons. The average Bonchev–Trinajstić information content (AvgIpc) is 3.55. The summed E-state index contributed by atoms with van der Waals surface area (Å²) in [5.74, 6) is 1.26. The molecule has 2 N–H and O–H groups in total. The Labute approximate surface area is 248 Å². The van der Waals surface area contributed by atoms with Crippen LogP contribution in [0.15, 0.2) is 59.5 Å². The number of benzene rings is 2. The predicted octanol–water partition coefficient (Wildman–Crippen LogP) is 3.44. The van der Waals surface area contributed by atoms with Crippen molar-refractivity contribution in [3.05, 3.63) is 60.2 Å². The minimum absolute atomic E-state index is 0.00446. The smallest absolute Gasteiger partial charge is 0.407 e. The minimum Gasteiger partial charge on any atom is -0.497 e. The number of amides is 1. The molecule has 7 atom stereocenters. The maximum absolute atomic E-state index is 13.7. The molecule has 2 heterocycles. The fourth-order valence-corrected chi connectivity index (χ4v) is 8.16. The Hall–Kier alpha value is -2.70. The minimum atomic E-state index is -3.94. The van der Waals surface area contributed by atoms with E-state index in [1.54, 1.807) is 12.1 Å². The molecule has 2 saturated heterocycles. The van der Waals surface area contributed by atoms with Gasteiger partial charge in [0.15, 0.2) is 6.29 Å². The van der Waals surface area contributed by atoms with Gasteiger partial charge in [0.2, 0.25) is 10.0 Å². The van der Waals surface area contributed by atoms with Crippen molar-refractivity contribution >= 4 is 16.1 Å². The summed E-state index contributed by atoms with van der Waals surface area (Å²) in [6.45, 7) is 5.02. The molecule has 10 nitrogen and oxygen atoms in total.